The van der Waals surface area contributed by atoms with Gasteiger partial charge in [0.2, 0.25) is 5.91 Å². The number of hydrogen-bond acceptors (Lipinski definition) is 3. The van der Waals surface area contributed by atoms with Crippen LogP contribution in [0.4, 0.5) is 4.39 Å². The Morgan fingerprint density at radius 3 is 2.68 bits per heavy atom. The Morgan fingerprint density at radius 1 is 1.36 bits per heavy atom. The van der Waals surface area contributed by atoms with E-state index < -0.39 is 0 Å². The molecule has 1 aromatic heterocycles. The topological polar surface area (TPSA) is 59.0 Å². The van der Waals surface area contributed by atoms with E-state index in [-0.39, 0.29) is 30.2 Å². The van der Waals surface area contributed by atoms with E-state index >= 15 is 0 Å². The predicted molar refractivity (Wildman–Crippen MR) is 97.7 cm³/mol. The van der Waals surface area contributed by atoms with Gasteiger partial charge in [-0.25, -0.2) is 9.07 Å². The number of amides is 1. The molecule has 1 fully saturated rings. The summed E-state index contributed by atoms with van der Waals surface area (Å²) in [6.45, 7) is 5.15. The number of carbonyl (C=O) groups is 1. The SMILES string of the molecule is Cc1c(C(C)NC(=O)CNCC2CC2)cnn1-c1ccc(F)cc1.Cl. The third-order valence-corrected chi connectivity index (χ3v) is 4.38. The van der Waals surface area contributed by atoms with Crippen LogP contribution in [0.15, 0.2) is 30.5 Å². The molecule has 3 rings (SSSR count). The van der Waals surface area contributed by atoms with E-state index in [1.807, 2.05) is 13.8 Å². The van der Waals surface area contributed by atoms with Crippen molar-refractivity contribution in [1.82, 2.24) is 20.4 Å². The summed E-state index contributed by atoms with van der Waals surface area (Å²) in [5, 5.41) is 10.5. The quantitative estimate of drug-likeness (QED) is 0.792. The second-order valence-electron chi connectivity index (χ2n) is 6.44. The van der Waals surface area contributed by atoms with Crippen molar-refractivity contribution in [2.24, 2.45) is 5.92 Å². The average Bonchev–Trinajstić information content (AvgIpc) is 3.29. The van der Waals surface area contributed by atoms with Gasteiger partial charge in [0, 0.05) is 11.3 Å². The number of aromatic nitrogens is 2. The molecule has 2 aromatic rings. The fourth-order valence-electron chi connectivity index (χ4n) is 2.77. The number of carbonyl (C=O) groups excluding carboxylic acids is 1. The Hall–Kier alpha value is -1.92. The molecule has 0 spiro atoms. The van der Waals surface area contributed by atoms with Crippen molar-refractivity contribution >= 4 is 18.3 Å². The van der Waals surface area contributed by atoms with Gasteiger partial charge in [-0.1, -0.05) is 0 Å². The van der Waals surface area contributed by atoms with Crippen LogP contribution >= 0.6 is 12.4 Å². The first-order chi connectivity index (χ1) is 11.5. The molecular formula is C18H24ClFN4O. The van der Waals surface area contributed by atoms with Crippen LogP contribution in [0.3, 0.4) is 0 Å². The van der Waals surface area contributed by atoms with Crippen molar-refractivity contribution in [2.75, 3.05) is 13.1 Å². The molecule has 1 aliphatic carbocycles. The second-order valence-corrected chi connectivity index (χ2v) is 6.44. The van der Waals surface area contributed by atoms with Gasteiger partial charge in [0.25, 0.3) is 0 Å². The van der Waals surface area contributed by atoms with Crippen LogP contribution in [0.2, 0.25) is 0 Å². The van der Waals surface area contributed by atoms with Gasteiger partial charge in [-0.3, -0.25) is 4.79 Å². The number of benzene rings is 1. The molecule has 0 saturated heterocycles. The van der Waals surface area contributed by atoms with Gasteiger partial charge in [0.1, 0.15) is 5.82 Å². The van der Waals surface area contributed by atoms with E-state index in [1.165, 1.54) is 25.0 Å². The molecule has 25 heavy (non-hydrogen) atoms. The lowest BCUT2D eigenvalue weighted by atomic mass is 10.1. The first-order valence-corrected chi connectivity index (χ1v) is 8.35. The molecule has 1 atom stereocenters. The summed E-state index contributed by atoms with van der Waals surface area (Å²) < 4.78 is 14.8. The number of hydrogen-bond donors (Lipinski definition) is 2. The highest BCUT2D eigenvalue weighted by Gasteiger charge is 2.21. The number of nitrogens with zero attached hydrogens (tertiary/aromatic N) is 2. The maximum Gasteiger partial charge on any atom is 0.234 e. The van der Waals surface area contributed by atoms with E-state index in [0.717, 1.165) is 29.4 Å². The lowest BCUT2D eigenvalue weighted by Gasteiger charge is -2.14. The largest absolute Gasteiger partial charge is 0.348 e. The molecule has 1 unspecified atom stereocenters. The van der Waals surface area contributed by atoms with Crippen molar-refractivity contribution in [3.63, 3.8) is 0 Å². The van der Waals surface area contributed by atoms with Crippen molar-refractivity contribution < 1.29 is 9.18 Å². The minimum absolute atomic E-state index is 0. The standard InChI is InChI=1S/C18H23FN4O.ClH/c1-12(22-18(24)11-20-9-14-3-4-14)17-10-21-23(13(17)2)16-7-5-15(19)6-8-16;/h5-8,10,12,14,20H,3-4,9,11H2,1-2H3,(H,22,24);1H. The van der Waals surface area contributed by atoms with Crippen LogP contribution < -0.4 is 10.6 Å². The van der Waals surface area contributed by atoms with E-state index in [0.29, 0.717) is 6.54 Å². The molecular weight excluding hydrogens is 343 g/mol. The highest BCUT2D eigenvalue weighted by atomic mass is 35.5. The Balaban J connectivity index is 0.00000225. The van der Waals surface area contributed by atoms with Crippen LogP contribution in [0.1, 0.15) is 37.1 Å². The summed E-state index contributed by atoms with van der Waals surface area (Å²) in [6.07, 6.45) is 4.29. The van der Waals surface area contributed by atoms with E-state index in [9.17, 15) is 9.18 Å². The first-order valence-electron chi connectivity index (χ1n) is 8.35. The molecule has 1 aliphatic rings. The lowest BCUT2D eigenvalue weighted by Crippen LogP contribution is -2.36. The van der Waals surface area contributed by atoms with Gasteiger partial charge < -0.3 is 10.6 Å². The molecule has 1 aromatic carbocycles. The fourth-order valence-corrected chi connectivity index (χ4v) is 2.77. The van der Waals surface area contributed by atoms with Gasteiger partial charge in [0.05, 0.1) is 24.5 Å². The molecule has 0 aliphatic heterocycles. The van der Waals surface area contributed by atoms with Crippen LogP contribution in [-0.2, 0) is 4.79 Å². The summed E-state index contributed by atoms with van der Waals surface area (Å²) >= 11 is 0. The summed E-state index contributed by atoms with van der Waals surface area (Å²) in [4.78, 5) is 12.0. The summed E-state index contributed by atoms with van der Waals surface area (Å²) in [5.74, 6) is 0.464. The third-order valence-electron chi connectivity index (χ3n) is 4.38. The lowest BCUT2D eigenvalue weighted by molar-refractivity contribution is -0.120. The number of rotatable bonds is 7. The van der Waals surface area contributed by atoms with Gasteiger partial charge in [-0.2, -0.15) is 5.10 Å². The van der Waals surface area contributed by atoms with Crippen molar-refractivity contribution in [1.29, 1.82) is 0 Å². The second kappa shape index (κ2) is 8.45. The van der Waals surface area contributed by atoms with Crippen molar-refractivity contribution in [3.05, 3.63) is 47.5 Å². The minimum Gasteiger partial charge on any atom is -0.348 e. The summed E-state index contributed by atoms with van der Waals surface area (Å²) in [6, 6.07) is 6.06. The fraction of sp³-hybridized carbons (Fsp3) is 0.444. The molecule has 1 heterocycles. The predicted octanol–water partition coefficient (Wildman–Crippen LogP) is 2.92. The maximum absolute atomic E-state index is 13.1. The van der Waals surface area contributed by atoms with E-state index in [2.05, 4.69) is 15.7 Å². The van der Waals surface area contributed by atoms with Gasteiger partial charge in [0.15, 0.2) is 0 Å². The van der Waals surface area contributed by atoms with Crippen LogP contribution in [0.5, 0.6) is 0 Å². The smallest absolute Gasteiger partial charge is 0.234 e. The van der Waals surface area contributed by atoms with Crippen LogP contribution in [0, 0.1) is 18.7 Å². The molecule has 1 amide bonds. The zero-order valence-corrected chi connectivity index (χ0v) is 15.3. The normalized spacial score (nSPS) is 14.7. The molecule has 5 nitrogen and oxygen atoms in total. The van der Waals surface area contributed by atoms with Crippen LogP contribution in [0.25, 0.3) is 5.69 Å². The zero-order valence-electron chi connectivity index (χ0n) is 14.5. The summed E-state index contributed by atoms with van der Waals surface area (Å²) in [5.41, 5.74) is 2.68. The maximum atomic E-state index is 13.1. The number of nitrogens with one attached hydrogen (secondary N) is 2. The average molecular weight is 367 g/mol. The molecule has 136 valence electrons. The molecule has 1 saturated carbocycles. The molecule has 7 heteroatoms. The molecule has 2 N–H and O–H groups in total. The number of halogens is 2. The minimum atomic E-state index is -0.275. The Bertz CT molecular complexity index is 712. The molecule has 0 radical (unpaired) electrons. The molecule has 0 bridgehead atoms. The van der Waals surface area contributed by atoms with E-state index in [4.69, 9.17) is 0 Å². The van der Waals surface area contributed by atoms with Gasteiger partial charge in [-0.05, 0) is 63.4 Å². The van der Waals surface area contributed by atoms with Gasteiger partial charge >= 0.3 is 0 Å². The highest BCUT2D eigenvalue weighted by Crippen LogP contribution is 2.27. The Labute approximate surface area is 153 Å². The zero-order chi connectivity index (χ0) is 17.1. The highest BCUT2D eigenvalue weighted by molar-refractivity contribution is 5.85. The monoisotopic (exact) mass is 366 g/mol. The van der Waals surface area contributed by atoms with Crippen LogP contribution in [-0.4, -0.2) is 28.8 Å². The van der Waals surface area contributed by atoms with Crippen molar-refractivity contribution in [2.45, 2.75) is 32.7 Å². The van der Waals surface area contributed by atoms with Crippen molar-refractivity contribution in [3.8, 4) is 5.69 Å². The first kappa shape index (κ1) is 19.4. The van der Waals surface area contributed by atoms with E-state index in [1.54, 1.807) is 23.0 Å². The third kappa shape index (κ3) is 5.03. The summed E-state index contributed by atoms with van der Waals surface area (Å²) in [7, 11) is 0. The Morgan fingerprint density at radius 2 is 2.04 bits per heavy atom. The van der Waals surface area contributed by atoms with Gasteiger partial charge in [-0.15, -0.1) is 12.4 Å². The Kier molecular flexibility index (Phi) is 6.56.